The van der Waals surface area contributed by atoms with Gasteiger partial charge in [-0.15, -0.1) is 0 Å². The minimum absolute atomic E-state index is 0.0375. The molecule has 0 saturated heterocycles. The summed E-state index contributed by atoms with van der Waals surface area (Å²) in [5.74, 6) is -1.52. The van der Waals surface area contributed by atoms with Crippen molar-refractivity contribution >= 4 is 17.5 Å². The van der Waals surface area contributed by atoms with Crippen LogP contribution in [0.2, 0.25) is 0 Å². The first kappa shape index (κ1) is 18.2. The quantitative estimate of drug-likeness (QED) is 0.745. The topological polar surface area (TPSA) is 78.4 Å². The maximum Gasteiger partial charge on any atom is 0.313 e. The van der Waals surface area contributed by atoms with Crippen LogP contribution in [0.5, 0.6) is 0 Å². The predicted octanol–water partition coefficient (Wildman–Crippen LogP) is 2.06. The molecule has 0 saturated carbocycles. The lowest BCUT2D eigenvalue weighted by atomic mass is 9.87. The fourth-order valence-electron chi connectivity index (χ4n) is 1.81. The maximum atomic E-state index is 11.9. The second-order valence-electron chi connectivity index (χ2n) is 6.70. The summed E-state index contributed by atoms with van der Waals surface area (Å²) in [5.41, 5.74) is 1.77. The molecular formula is C17H26N2O3. The SMILES string of the molecule is CC(CO)C(C)NC(=O)C(=O)Nc1ccc(C(C)(C)C)cc1. The summed E-state index contributed by atoms with van der Waals surface area (Å²) in [5, 5.41) is 14.2. The van der Waals surface area contributed by atoms with Gasteiger partial charge in [-0.2, -0.15) is 0 Å². The van der Waals surface area contributed by atoms with Crippen LogP contribution in [0.1, 0.15) is 40.2 Å². The van der Waals surface area contributed by atoms with Gasteiger partial charge in [0.1, 0.15) is 0 Å². The van der Waals surface area contributed by atoms with Gasteiger partial charge in [-0.25, -0.2) is 0 Å². The van der Waals surface area contributed by atoms with Crippen molar-refractivity contribution in [2.45, 2.75) is 46.1 Å². The lowest BCUT2D eigenvalue weighted by Crippen LogP contribution is -2.43. The Hall–Kier alpha value is -1.88. The van der Waals surface area contributed by atoms with Crippen molar-refractivity contribution in [1.82, 2.24) is 5.32 Å². The summed E-state index contributed by atoms with van der Waals surface area (Å²) >= 11 is 0. The molecule has 0 radical (unpaired) electrons. The van der Waals surface area contributed by atoms with E-state index < -0.39 is 11.8 Å². The molecule has 2 atom stereocenters. The minimum atomic E-state index is -0.708. The molecule has 0 aliphatic heterocycles. The van der Waals surface area contributed by atoms with Gasteiger partial charge in [0.05, 0.1) is 0 Å². The van der Waals surface area contributed by atoms with Crippen LogP contribution in [-0.2, 0) is 15.0 Å². The Morgan fingerprint density at radius 3 is 2.09 bits per heavy atom. The van der Waals surface area contributed by atoms with Gasteiger partial charge in [-0.1, -0.05) is 39.8 Å². The van der Waals surface area contributed by atoms with Crippen molar-refractivity contribution in [2.24, 2.45) is 5.92 Å². The Labute approximate surface area is 132 Å². The van der Waals surface area contributed by atoms with E-state index >= 15 is 0 Å². The highest BCUT2D eigenvalue weighted by Gasteiger charge is 2.20. The molecule has 0 aliphatic carbocycles. The van der Waals surface area contributed by atoms with E-state index in [1.807, 2.05) is 12.1 Å². The molecule has 0 aromatic heterocycles. The lowest BCUT2D eigenvalue weighted by Gasteiger charge is -2.20. The molecule has 22 heavy (non-hydrogen) atoms. The van der Waals surface area contributed by atoms with Gasteiger partial charge in [0, 0.05) is 18.3 Å². The Morgan fingerprint density at radius 2 is 1.64 bits per heavy atom. The van der Waals surface area contributed by atoms with E-state index in [2.05, 4.69) is 31.4 Å². The molecule has 0 aliphatic rings. The summed E-state index contributed by atoms with van der Waals surface area (Å²) in [4.78, 5) is 23.7. The summed E-state index contributed by atoms with van der Waals surface area (Å²) in [6.45, 7) is 9.84. The standard InChI is InChI=1S/C17H26N2O3/c1-11(10-20)12(2)18-15(21)16(22)19-14-8-6-13(7-9-14)17(3,4)5/h6-9,11-12,20H,10H2,1-5H3,(H,18,21)(H,19,22). The van der Waals surface area contributed by atoms with Gasteiger partial charge >= 0.3 is 11.8 Å². The zero-order valence-electron chi connectivity index (χ0n) is 13.9. The first-order valence-electron chi connectivity index (χ1n) is 7.48. The third-order valence-electron chi connectivity index (χ3n) is 3.72. The van der Waals surface area contributed by atoms with E-state index in [0.717, 1.165) is 5.56 Å². The van der Waals surface area contributed by atoms with Crippen molar-refractivity contribution in [3.8, 4) is 0 Å². The average Bonchev–Trinajstić information content (AvgIpc) is 2.45. The van der Waals surface area contributed by atoms with E-state index in [4.69, 9.17) is 5.11 Å². The molecular weight excluding hydrogens is 280 g/mol. The van der Waals surface area contributed by atoms with E-state index in [-0.39, 0.29) is 24.0 Å². The summed E-state index contributed by atoms with van der Waals surface area (Å²) in [6.07, 6.45) is 0. The van der Waals surface area contributed by atoms with Gasteiger partial charge < -0.3 is 15.7 Å². The van der Waals surface area contributed by atoms with Crippen LogP contribution in [0, 0.1) is 5.92 Å². The normalized spacial score (nSPS) is 14.1. The molecule has 1 aromatic rings. The van der Waals surface area contributed by atoms with E-state index in [9.17, 15) is 9.59 Å². The summed E-state index contributed by atoms with van der Waals surface area (Å²) in [7, 11) is 0. The molecule has 0 bridgehead atoms. The van der Waals surface area contributed by atoms with Gasteiger partial charge in [0.25, 0.3) is 0 Å². The molecule has 1 aromatic carbocycles. The molecule has 122 valence electrons. The number of carbonyl (C=O) groups excluding carboxylic acids is 2. The number of anilines is 1. The monoisotopic (exact) mass is 306 g/mol. The van der Waals surface area contributed by atoms with Gasteiger partial charge in [0.2, 0.25) is 0 Å². The van der Waals surface area contributed by atoms with Crippen molar-refractivity contribution in [2.75, 3.05) is 11.9 Å². The number of rotatable bonds is 4. The number of aliphatic hydroxyl groups excluding tert-OH is 1. The smallest absolute Gasteiger partial charge is 0.313 e. The Kier molecular flexibility index (Phi) is 6.11. The number of amides is 2. The highest BCUT2D eigenvalue weighted by Crippen LogP contribution is 2.23. The Balaban J connectivity index is 2.63. The second kappa shape index (κ2) is 7.40. The first-order valence-corrected chi connectivity index (χ1v) is 7.48. The van der Waals surface area contributed by atoms with Crippen LogP contribution in [-0.4, -0.2) is 29.6 Å². The van der Waals surface area contributed by atoms with Crippen molar-refractivity contribution < 1.29 is 14.7 Å². The molecule has 3 N–H and O–H groups in total. The molecule has 2 unspecified atom stereocenters. The molecule has 0 heterocycles. The highest BCUT2D eigenvalue weighted by atomic mass is 16.3. The molecule has 0 spiro atoms. The van der Waals surface area contributed by atoms with Crippen molar-refractivity contribution in [3.63, 3.8) is 0 Å². The maximum absolute atomic E-state index is 11.9. The van der Waals surface area contributed by atoms with Crippen molar-refractivity contribution in [1.29, 1.82) is 0 Å². The summed E-state index contributed by atoms with van der Waals surface area (Å²) < 4.78 is 0. The largest absolute Gasteiger partial charge is 0.396 e. The molecule has 2 amide bonds. The second-order valence-corrected chi connectivity index (χ2v) is 6.70. The molecule has 5 heteroatoms. The Morgan fingerprint density at radius 1 is 1.09 bits per heavy atom. The van der Waals surface area contributed by atoms with E-state index in [1.54, 1.807) is 26.0 Å². The van der Waals surface area contributed by atoms with Gasteiger partial charge in [0.15, 0.2) is 0 Å². The van der Waals surface area contributed by atoms with Crippen LogP contribution in [0.4, 0.5) is 5.69 Å². The van der Waals surface area contributed by atoms with Crippen LogP contribution in [0.3, 0.4) is 0 Å². The first-order chi connectivity index (χ1) is 10.1. The third-order valence-corrected chi connectivity index (χ3v) is 3.72. The Bertz CT molecular complexity index is 518. The van der Waals surface area contributed by atoms with Gasteiger partial charge in [-0.05, 0) is 36.0 Å². The number of carbonyl (C=O) groups is 2. The van der Waals surface area contributed by atoms with Gasteiger partial charge in [-0.3, -0.25) is 9.59 Å². The average molecular weight is 306 g/mol. The van der Waals surface area contributed by atoms with E-state index in [1.165, 1.54) is 0 Å². The fourth-order valence-corrected chi connectivity index (χ4v) is 1.81. The highest BCUT2D eigenvalue weighted by molar-refractivity contribution is 6.39. The molecule has 0 fully saturated rings. The van der Waals surface area contributed by atoms with E-state index in [0.29, 0.717) is 5.69 Å². The number of aliphatic hydroxyl groups is 1. The summed E-state index contributed by atoms with van der Waals surface area (Å²) in [6, 6.07) is 7.16. The molecule has 1 rings (SSSR count). The fraction of sp³-hybridized carbons (Fsp3) is 0.529. The number of nitrogens with one attached hydrogen (secondary N) is 2. The van der Waals surface area contributed by atoms with Crippen LogP contribution in [0.15, 0.2) is 24.3 Å². The zero-order valence-corrected chi connectivity index (χ0v) is 13.9. The lowest BCUT2D eigenvalue weighted by molar-refractivity contribution is -0.136. The van der Waals surface area contributed by atoms with Crippen LogP contribution >= 0.6 is 0 Å². The number of benzene rings is 1. The number of hydrogen-bond acceptors (Lipinski definition) is 3. The molecule has 5 nitrogen and oxygen atoms in total. The van der Waals surface area contributed by atoms with Crippen LogP contribution in [0.25, 0.3) is 0 Å². The van der Waals surface area contributed by atoms with Crippen molar-refractivity contribution in [3.05, 3.63) is 29.8 Å². The van der Waals surface area contributed by atoms with Crippen LogP contribution < -0.4 is 10.6 Å². The number of hydrogen-bond donors (Lipinski definition) is 3. The zero-order chi connectivity index (χ0) is 16.9. The third kappa shape index (κ3) is 5.15. The predicted molar refractivity (Wildman–Crippen MR) is 87.6 cm³/mol. The minimum Gasteiger partial charge on any atom is -0.396 e.